The van der Waals surface area contributed by atoms with Gasteiger partial charge in [0.2, 0.25) is 6.79 Å². The Bertz CT molecular complexity index is 1200. The van der Waals surface area contributed by atoms with Gasteiger partial charge in [-0.2, -0.15) is 0 Å². The molecule has 0 unspecified atom stereocenters. The number of hydrogen-bond donors (Lipinski definition) is 0. The van der Waals surface area contributed by atoms with E-state index in [4.69, 9.17) is 21.7 Å². The van der Waals surface area contributed by atoms with Crippen molar-refractivity contribution in [3.63, 3.8) is 0 Å². The number of ether oxygens (including phenoxy) is 2. The summed E-state index contributed by atoms with van der Waals surface area (Å²) in [5, 5.41) is 1.12. The van der Waals surface area contributed by atoms with Gasteiger partial charge >= 0.3 is 0 Å². The molecule has 0 saturated carbocycles. The zero-order chi connectivity index (χ0) is 19.4. The topological polar surface area (TPSA) is 43.7 Å². The van der Waals surface area contributed by atoms with E-state index in [1.165, 1.54) is 11.8 Å². The highest BCUT2D eigenvalue weighted by Crippen LogP contribution is 2.41. The van der Waals surface area contributed by atoms with E-state index in [9.17, 15) is 4.79 Å². The van der Waals surface area contributed by atoms with E-state index < -0.39 is 0 Å². The highest BCUT2D eigenvalue weighted by Gasteiger charge is 2.34. The van der Waals surface area contributed by atoms with Crippen LogP contribution in [0.4, 0.5) is 5.69 Å². The minimum atomic E-state index is -0.124. The number of fused-ring (bicyclic) bond motifs is 2. The van der Waals surface area contributed by atoms with Crippen molar-refractivity contribution in [2.75, 3.05) is 11.7 Å². The molecule has 28 heavy (non-hydrogen) atoms. The summed E-state index contributed by atoms with van der Waals surface area (Å²) in [6, 6.07) is 13.6. The van der Waals surface area contributed by atoms with Crippen molar-refractivity contribution >= 4 is 56.9 Å². The fourth-order valence-electron chi connectivity index (χ4n) is 3.58. The summed E-state index contributed by atoms with van der Waals surface area (Å²) in [6.07, 6.45) is 1.95. The minimum Gasteiger partial charge on any atom is -0.454 e. The van der Waals surface area contributed by atoms with Crippen molar-refractivity contribution in [1.82, 2.24) is 4.57 Å². The van der Waals surface area contributed by atoms with Gasteiger partial charge in [0.1, 0.15) is 0 Å². The van der Waals surface area contributed by atoms with Gasteiger partial charge in [0.25, 0.3) is 5.91 Å². The van der Waals surface area contributed by atoms with Crippen molar-refractivity contribution < 1.29 is 14.3 Å². The van der Waals surface area contributed by atoms with Gasteiger partial charge < -0.3 is 14.0 Å². The van der Waals surface area contributed by atoms with Crippen molar-refractivity contribution in [1.29, 1.82) is 0 Å². The quantitative estimate of drug-likeness (QED) is 0.457. The zero-order valence-electron chi connectivity index (χ0n) is 15.3. The van der Waals surface area contributed by atoms with E-state index in [0.29, 0.717) is 26.4 Å². The first-order valence-electron chi connectivity index (χ1n) is 8.76. The Morgan fingerprint density at radius 3 is 2.79 bits per heavy atom. The van der Waals surface area contributed by atoms with Gasteiger partial charge in [-0.1, -0.05) is 42.2 Å². The number of rotatable bonds is 2. The summed E-state index contributed by atoms with van der Waals surface area (Å²) in [6.45, 7) is 2.25. The second kappa shape index (κ2) is 6.39. The van der Waals surface area contributed by atoms with Gasteiger partial charge in [-0.05, 0) is 31.2 Å². The number of carbonyl (C=O) groups excluding carboxylic acids is 1. The number of carbonyl (C=O) groups is 1. The maximum absolute atomic E-state index is 13.1. The maximum Gasteiger partial charge on any atom is 0.270 e. The third kappa shape index (κ3) is 2.54. The molecule has 0 bridgehead atoms. The SMILES string of the molecule is Cc1c(/C=C2\SC(=S)N(c3ccc4c(c3)OCO4)C2=O)c2ccccc2n1C. The lowest BCUT2D eigenvalue weighted by Gasteiger charge is -2.14. The molecule has 2 aromatic carbocycles. The van der Waals surface area contributed by atoms with Crippen LogP contribution in [-0.4, -0.2) is 21.6 Å². The van der Waals surface area contributed by atoms with Crippen LogP contribution in [0.2, 0.25) is 0 Å². The van der Waals surface area contributed by atoms with Crippen LogP contribution in [0.15, 0.2) is 47.4 Å². The van der Waals surface area contributed by atoms with Crippen LogP contribution >= 0.6 is 24.0 Å². The third-order valence-electron chi connectivity index (χ3n) is 5.13. The molecule has 1 aromatic heterocycles. The molecule has 1 amide bonds. The van der Waals surface area contributed by atoms with Gasteiger partial charge in [0.15, 0.2) is 15.8 Å². The molecule has 3 heterocycles. The molecule has 140 valence electrons. The van der Waals surface area contributed by atoms with Crippen LogP contribution < -0.4 is 14.4 Å². The number of aromatic nitrogens is 1. The molecular weight excluding hydrogens is 392 g/mol. The first kappa shape index (κ1) is 17.3. The molecule has 1 saturated heterocycles. The molecule has 5 rings (SSSR count). The van der Waals surface area contributed by atoms with E-state index in [1.54, 1.807) is 17.0 Å². The first-order chi connectivity index (χ1) is 13.5. The van der Waals surface area contributed by atoms with Crippen LogP contribution in [-0.2, 0) is 11.8 Å². The van der Waals surface area contributed by atoms with E-state index in [1.807, 2.05) is 31.3 Å². The Hall–Kier alpha value is -2.77. The molecule has 0 spiro atoms. The predicted octanol–water partition coefficient (Wildman–Crippen LogP) is 4.62. The lowest BCUT2D eigenvalue weighted by molar-refractivity contribution is -0.113. The van der Waals surface area contributed by atoms with Crippen LogP contribution in [0, 0.1) is 6.92 Å². The number of amides is 1. The van der Waals surface area contributed by atoms with Crippen molar-refractivity contribution in [3.8, 4) is 11.5 Å². The van der Waals surface area contributed by atoms with Gasteiger partial charge in [-0.15, -0.1) is 0 Å². The van der Waals surface area contributed by atoms with Crippen LogP contribution in [0.3, 0.4) is 0 Å². The first-order valence-corrected chi connectivity index (χ1v) is 9.98. The number of thioether (sulfide) groups is 1. The molecular formula is C21H16N2O3S2. The average molecular weight is 409 g/mol. The summed E-state index contributed by atoms with van der Waals surface area (Å²) < 4.78 is 13.4. The Morgan fingerprint density at radius 1 is 1.14 bits per heavy atom. The number of hydrogen-bond acceptors (Lipinski definition) is 5. The number of thiocarbonyl (C=S) groups is 1. The fourth-order valence-corrected chi connectivity index (χ4v) is 4.86. The highest BCUT2D eigenvalue weighted by molar-refractivity contribution is 8.27. The maximum atomic E-state index is 13.1. The smallest absolute Gasteiger partial charge is 0.270 e. The predicted molar refractivity (Wildman–Crippen MR) is 116 cm³/mol. The molecule has 0 radical (unpaired) electrons. The monoisotopic (exact) mass is 408 g/mol. The Morgan fingerprint density at radius 2 is 1.93 bits per heavy atom. The number of anilines is 1. The largest absolute Gasteiger partial charge is 0.454 e. The highest BCUT2D eigenvalue weighted by atomic mass is 32.2. The molecule has 0 aliphatic carbocycles. The number of nitrogens with zero attached hydrogens (tertiary/aromatic N) is 2. The Balaban J connectivity index is 1.56. The molecule has 1 fully saturated rings. The molecule has 0 N–H and O–H groups in total. The summed E-state index contributed by atoms with van der Waals surface area (Å²) in [7, 11) is 2.03. The van der Waals surface area contributed by atoms with E-state index >= 15 is 0 Å². The minimum absolute atomic E-state index is 0.124. The average Bonchev–Trinajstić information content (AvgIpc) is 3.34. The Kier molecular flexibility index (Phi) is 3.96. The number of para-hydroxylation sites is 1. The number of aryl methyl sites for hydroxylation is 1. The van der Waals surface area contributed by atoms with E-state index in [-0.39, 0.29) is 12.7 Å². The molecule has 3 aromatic rings. The zero-order valence-corrected chi connectivity index (χ0v) is 16.9. The third-order valence-corrected chi connectivity index (χ3v) is 6.43. The summed E-state index contributed by atoms with van der Waals surface area (Å²) in [4.78, 5) is 15.3. The standard InChI is InChI=1S/C21H16N2O3S2/c1-12-15(14-5-3-4-6-16(14)22(12)2)10-19-20(24)23(21(27)28-19)13-7-8-17-18(9-13)26-11-25-17/h3-10H,11H2,1-2H3/b19-10-. The molecule has 7 heteroatoms. The Labute approximate surface area is 171 Å². The lowest BCUT2D eigenvalue weighted by atomic mass is 10.1. The van der Waals surface area contributed by atoms with Crippen molar-refractivity contribution in [2.45, 2.75) is 6.92 Å². The van der Waals surface area contributed by atoms with Gasteiger partial charge in [-0.25, -0.2) is 0 Å². The normalized spacial score (nSPS) is 17.4. The number of benzene rings is 2. The molecule has 2 aliphatic rings. The van der Waals surface area contributed by atoms with Crippen molar-refractivity contribution in [3.05, 3.63) is 58.6 Å². The van der Waals surface area contributed by atoms with Gasteiger partial charge in [0, 0.05) is 35.3 Å². The second-order valence-corrected chi connectivity index (χ2v) is 8.31. The molecule has 5 nitrogen and oxygen atoms in total. The molecule has 2 aliphatic heterocycles. The van der Waals surface area contributed by atoms with Crippen LogP contribution in [0.25, 0.3) is 17.0 Å². The van der Waals surface area contributed by atoms with Gasteiger partial charge in [-0.3, -0.25) is 9.69 Å². The molecule has 0 atom stereocenters. The second-order valence-electron chi connectivity index (χ2n) is 6.63. The van der Waals surface area contributed by atoms with E-state index in [2.05, 4.69) is 23.6 Å². The fraction of sp³-hybridized carbons (Fsp3) is 0.143. The summed E-state index contributed by atoms with van der Waals surface area (Å²) in [5.74, 6) is 1.18. The van der Waals surface area contributed by atoms with Crippen LogP contribution in [0.5, 0.6) is 11.5 Å². The van der Waals surface area contributed by atoms with Crippen molar-refractivity contribution in [2.24, 2.45) is 7.05 Å². The summed E-state index contributed by atoms with van der Waals surface area (Å²) >= 11 is 6.82. The summed E-state index contributed by atoms with van der Waals surface area (Å²) in [5.41, 5.74) is 3.97. The van der Waals surface area contributed by atoms with E-state index in [0.717, 1.165) is 22.2 Å². The van der Waals surface area contributed by atoms with Gasteiger partial charge in [0.05, 0.1) is 10.6 Å². The lowest BCUT2D eigenvalue weighted by Crippen LogP contribution is -2.27. The van der Waals surface area contributed by atoms with Crippen LogP contribution in [0.1, 0.15) is 11.3 Å².